The highest BCUT2D eigenvalue weighted by molar-refractivity contribution is 5.76. The molecule has 0 aromatic rings. The molecule has 2 N–H and O–H groups in total. The Hall–Kier alpha value is -1.10. The van der Waals surface area contributed by atoms with Gasteiger partial charge >= 0.3 is 5.97 Å². The average Bonchev–Trinajstić information content (AvgIpc) is 2.18. The first-order chi connectivity index (χ1) is 6.70. The maximum atomic E-state index is 11.1. The zero-order valence-corrected chi connectivity index (χ0v) is 8.76. The third kappa shape index (κ3) is 7.54. The van der Waals surface area contributed by atoms with Crippen molar-refractivity contribution in [2.75, 3.05) is 27.2 Å². The number of carbonyl (C=O) groups is 2. The van der Waals surface area contributed by atoms with E-state index >= 15 is 0 Å². The van der Waals surface area contributed by atoms with Gasteiger partial charge in [0, 0.05) is 13.0 Å². The molecule has 1 amide bonds. The van der Waals surface area contributed by atoms with Crippen molar-refractivity contribution in [1.82, 2.24) is 10.6 Å². The van der Waals surface area contributed by atoms with E-state index in [0.29, 0.717) is 13.0 Å². The SMILES string of the molecule is CNCCCC(=O)NCCC(=O)OC. The molecule has 0 spiro atoms. The van der Waals surface area contributed by atoms with E-state index in [1.165, 1.54) is 7.11 Å². The zero-order chi connectivity index (χ0) is 10.8. The molecule has 0 heterocycles. The van der Waals surface area contributed by atoms with Crippen LogP contribution in [-0.4, -0.2) is 39.1 Å². The Bertz CT molecular complexity index is 183. The lowest BCUT2D eigenvalue weighted by Crippen LogP contribution is -2.26. The van der Waals surface area contributed by atoms with Crippen molar-refractivity contribution in [2.24, 2.45) is 0 Å². The second-order valence-electron chi connectivity index (χ2n) is 2.88. The summed E-state index contributed by atoms with van der Waals surface area (Å²) in [5.41, 5.74) is 0. The first-order valence-electron chi connectivity index (χ1n) is 4.68. The summed E-state index contributed by atoms with van der Waals surface area (Å²) in [6, 6.07) is 0. The van der Waals surface area contributed by atoms with Crippen LogP contribution in [0.15, 0.2) is 0 Å². The molecule has 0 rings (SSSR count). The van der Waals surface area contributed by atoms with E-state index in [1.807, 2.05) is 7.05 Å². The molecule has 0 aliphatic rings. The molecule has 5 heteroatoms. The van der Waals surface area contributed by atoms with Crippen molar-refractivity contribution >= 4 is 11.9 Å². The Balaban J connectivity index is 3.31. The van der Waals surface area contributed by atoms with Crippen LogP contribution in [0.25, 0.3) is 0 Å². The number of rotatable bonds is 7. The van der Waals surface area contributed by atoms with Crippen molar-refractivity contribution in [3.63, 3.8) is 0 Å². The fourth-order valence-electron chi connectivity index (χ4n) is 0.920. The van der Waals surface area contributed by atoms with Crippen LogP contribution in [0.1, 0.15) is 19.3 Å². The summed E-state index contributed by atoms with van der Waals surface area (Å²) in [5.74, 6) is -0.329. The molecule has 0 aliphatic heterocycles. The van der Waals surface area contributed by atoms with Crippen molar-refractivity contribution in [3.8, 4) is 0 Å². The normalized spacial score (nSPS) is 9.57. The molecular formula is C9H18N2O3. The van der Waals surface area contributed by atoms with Gasteiger partial charge < -0.3 is 15.4 Å². The molecular weight excluding hydrogens is 184 g/mol. The van der Waals surface area contributed by atoms with Crippen molar-refractivity contribution in [3.05, 3.63) is 0 Å². The fourth-order valence-corrected chi connectivity index (χ4v) is 0.920. The van der Waals surface area contributed by atoms with E-state index in [2.05, 4.69) is 15.4 Å². The van der Waals surface area contributed by atoms with E-state index in [9.17, 15) is 9.59 Å². The van der Waals surface area contributed by atoms with Crippen LogP contribution in [0.3, 0.4) is 0 Å². The molecule has 0 fully saturated rings. The smallest absolute Gasteiger partial charge is 0.307 e. The van der Waals surface area contributed by atoms with Gasteiger partial charge in [-0.05, 0) is 20.0 Å². The van der Waals surface area contributed by atoms with Crippen molar-refractivity contribution in [2.45, 2.75) is 19.3 Å². The third-order valence-electron chi connectivity index (χ3n) is 1.71. The molecule has 0 atom stereocenters. The quantitative estimate of drug-likeness (QED) is 0.438. The lowest BCUT2D eigenvalue weighted by Gasteiger charge is -2.03. The Morgan fingerprint density at radius 2 is 1.93 bits per heavy atom. The summed E-state index contributed by atoms with van der Waals surface area (Å²) in [4.78, 5) is 21.8. The van der Waals surface area contributed by atoms with E-state index in [1.54, 1.807) is 0 Å². The lowest BCUT2D eigenvalue weighted by atomic mass is 10.3. The molecule has 0 aliphatic carbocycles. The van der Waals surface area contributed by atoms with Crippen LogP contribution in [0.4, 0.5) is 0 Å². The zero-order valence-electron chi connectivity index (χ0n) is 8.76. The minimum Gasteiger partial charge on any atom is -0.469 e. The maximum absolute atomic E-state index is 11.1. The number of nitrogens with one attached hydrogen (secondary N) is 2. The van der Waals surface area contributed by atoms with E-state index in [-0.39, 0.29) is 18.3 Å². The van der Waals surface area contributed by atoms with Crippen LogP contribution < -0.4 is 10.6 Å². The molecule has 0 unspecified atom stereocenters. The molecule has 0 saturated heterocycles. The fraction of sp³-hybridized carbons (Fsp3) is 0.778. The molecule has 5 nitrogen and oxygen atoms in total. The summed E-state index contributed by atoms with van der Waals surface area (Å²) in [5, 5.41) is 5.59. The maximum Gasteiger partial charge on any atom is 0.307 e. The molecule has 0 saturated carbocycles. The average molecular weight is 202 g/mol. The minimum atomic E-state index is -0.305. The van der Waals surface area contributed by atoms with Crippen molar-refractivity contribution in [1.29, 1.82) is 0 Å². The predicted octanol–water partition coefficient (Wildman–Crippen LogP) is -0.335. The number of esters is 1. The van der Waals surface area contributed by atoms with Gasteiger partial charge in [0.15, 0.2) is 0 Å². The molecule has 0 radical (unpaired) electrons. The Morgan fingerprint density at radius 3 is 2.50 bits per heavy atom. The van der Waals surface area contributed by atoms with Gasteiger partial charge in [0.2, 0.25) is 5.91 Å². The van der Waals surface area contributed by atoms with Gasteiger partial charge in [-0.25, -0.2) is 0 Å². The lowest BCUT2D eigenvalue weighted by molar-refractivity contribution is -0.140. The van der Waals surface area contributed by atoms with Gasteiger partial charge in [-0.15, -0.1) is 0 Å². The van der Waals surface area contributed by atoms with Gasteiger partial charge in [0.25, 0.3) is 0 Å². The Labute approximate surface area is 84.2 Å². The van der Waals surface area contributed by atoms with Gasteiger partial charge in [-0.1, -0.05) is 0 Å². The van der Waals surface area contributed by atoms with E-state index in [0.717, 1.165) is 13.0 Å². The summed E-state index contributed by atoms with van der Waals surface area (Å²) < 4.78 is 4.43. The summed E-state index contributed by atoms with van der Waals surface area (Å²) in [7, 11) is 3.17. The third-order valence-corrected chi connectivity index (χ3v) is 1.71. The van der Waals surface area contributed by atoms with Crippen LogP contribution in [0.5, 0.6) is 0 Å². The number of amides is 1. The minimum absolute atomic E-state index is 0.0239. The molecule has 0 aromatic carbocycles. The van der Waals surface area contributed by atoms with E-state index < -0.39 is 0 Å². The first kappa shape index (κ1) is 12.9. The van der Waals surface area contributed by atoms with E-state index in [4.69, 9.17) is 0 Å². The number of ether oxygens (including phenoxy) is 1. The Morgan fingerprint density at radius 1 is 1.21 bits per heavy atom. The topological polar surface area (TPSA) is 67.4 Å². The van der Waals surface area contributed by atoms with Gasteiger partial charge in [0.1, 0.15) is 0 Å². The summed E-state index contributed by atoms with van der Waals surface area (Å²) >= 11 is 0. The van der Waals surface area contributed by atoms with Crippen LogP contribution >= 0.6 is 0 Å². The molecule has 0 aromatic heterocycles. The second-order valence-corrected chi connectivity index (χ2v) is 2.88. The monoisotopic (exact) mass is 202 g/mol. The number of hydrogen-bond donors (Lipinski definition) is 2. The number of methoxy groups -OCH3 is 1. The van der Waals surface area contributed by atoms with Crippen LogP contribution in [-0.2, 0) is 14.3 Å². The summed E-state index contributed by atoms with van der Waals surface area (Å²) in [6.07, 6.45) is 1.52. The van der Waals surface area contributed by atoms with Gasteiger partial charge in [-0.2, -0.15) is 0 Å². The number of carbonyl (C=O) groups excluding carboxylic acids is 2. The highest BCUT2D eigenvalue weighted by atomic mass is 16.5. The largest absolute Gasteiger partial charge is 0.469 e. The van der Waals surface area contributed by atoms with Crippen LogP contribution in [0.2, 0.25) is 0 Å². The highest BCUT2D eigenvalue weighted by Crippen LogP contribution is 1.87. The van der Waals surface area contributed by atoms with Crippen LogP contribution in [0, 0.1) is 0 Å². The predicted molar refractivity (Wildman–Crippen MR) is 52.8 cm³/mol. The Kier molecular flexibility index (Phi) is 7.83. The first-order valence-corrected chi connectivity index (χ1v) is 4.68. The standard InChI is InChI=1S/C9H18N2O3/c1-10-6-3-4-8(12)11-7-5-9(13)14-2/h10H,3-7H2,1-2H3,(H,11,12). The van der Waals surface area contributed by atoms with Gasteiger partial charge in [0.05, 0.1) is 13.5 Å². The molecule has 0 bridgehead atoms. The second kappa shape index (κ2) is 8.50. The molecule has 14 heavy (non-hydrogen) atoms. The molecule has 82 valence electrons. The van der Waals surface area contributed by atoms with Gasteiger partial charge in [-0.3, -0.25) is 9.59 Å². The number of hydrogen-bond acceptors (Lipinski definition) is 4. The van der Waals surface area contributed by atoms with Crippen molar-refractivity contribution < 1.29 is 14.3 Å². The highest BCUT2D eigenvalue weighted by Gasteiger charge is 2.02. The summed E-state index contributed by atoms with van der Waals surface area (Å²) in [6.45, 7) is 1.18.